The first-order chi connectivity index (χ1) is 12.0. The lowest BCUT2D eigenvalue weighted by molar-refractivity contribution is -0.120. The second-order valence-corrected chi connectivity index (χ2v) is 5.98. The molecule has 0 saturated carbocycles. The molecule has 0 aromatic heterocycles. The highest BCUT2D eigenvalue weighted by Crippen LogP contribution is 2.19. The normalized spacial score (nSPS) is 10.2. The highest BCUT2D eigenvalue weighted by atomic mass is 35.5. The lowest BCUT2D eigenvalue weighted by Gasteiger charge is -2.11. The van der Waals surface area contributed by atoms with E-state index in [2.05, 4.69) is 10.6 Å². The van der Waals surface area contributed by atoms with Gasteiger partial charge in [0.25, 0.3) is 5.91 Å². The summed E-state index contributed by atoms with van der Waals surface area (Å²) in [7, 11) is 1.62. The van der Waals surface area contributed by atoms with E-state index in [0.29, 0.717) is 23.6 Å². The van der Waals surface area contributed by atoms with E-state index in [4.69, 9.17) is 16.3 Å². The fraction of sp³-hybridized carbons (Fsp3) is 0.263. The fourth-order valence-corrected chi connectivity index (χ4v) is 2.62. The van der Waals surface area contributed by atoms with Crippen molar-refractivity contribution in [1.29, 1.82) is 0 Å². The van der Waals surface area contributed by atoms with Gasteiger partial charge >= 0.3 is 0 Å². The Morgan fingerprint density at radius 3 is 2.60 bits per heavy atom. The van der Waals surface area contributed by atoms with E-state index in [9.17, 15) is 9.59 Å². The first-order valence-electron chi connectivity index (χ1n) is 7.94. The molecule has 132 valence electrons. The third-order valence-electron chi connectivity index (χ3n) is 3.68. The Hall–Kier alpha value is -2.53. The maximum absolute atomic E-state index is 12.0. The van der Waals surface area contributed by atoms with E-state index in [1.807, 2.05) is 25.1 Å². The molecule has 2 aromatic carbocycles. The maximum Gasteiger partial charge on any atom is 0.253 e. The number of amides is 2. The summed E-state index contributed by atoms with van der Waals surface area (Å²) in [5.41, 5.74) is 2.51. The summed E-state index contributed by atoms with van der Waals surface area (Å²) >= 11 is 5.95. The molecule has 0 bridgehead atoms. The van der Waals surface area contributed by atoms with Crippen molar-refractivity contribution >= 4 is 23.4 Å². The van der Waals surface area contributed by atoms with Crippen molar-refractivity contribution in [3.63, 3.8) is 0 Å². The number of carbonyl (C=O) groups excluding carboxylic acids is 2. The third kappa shape index (κ3) is 5.50. The van der Waals surface area contributed by atoms with Crippen molar-refractivity contribution in [2.45, 2.75) is 13.3 Å². The summed E-state index contributed by atoms with van der Waals surface area (Å²) < 4.78 is 5.31. The van der Waals surface area contributed by atoms with Crippen LogP contribution in [0, 0.1) is 6.92 Å². The fourth-order valence-electron chi connectivity index (χ4n) is 2.40. The van der Waals surface area contributed by atoms with Crippen molar-refractivity contribution in [2.24, 2.45) is 0 Å². The quantitative estimate of drug-likeness (QED) is 0.797. The van der Waals surface area contributed by atoms with Crippen LogP contribution in [0.3, 0.4) is 0 Å². The summed E-state index contributed by atoms with van der Waals surface area (Å²) in [6.07, 6.45) is 0.648. The van der Waals surface area contributed by atoms with Gasteiger partial charge in [0, 0.05) is 6.54 Å². The van der Waals surface area contributed by atoms with Crippen LogP contribution >= 0.6 is 11.6 Å². The molecule has 0 atom stereocenters. The van der Waals surface area contributed by atoms with Gasteiger partial charge in [-0.1, -0.05) is 41.4 Å². The van der Waals surface area contributed by atoms with Crippen LogP contribution in [-0.4, -0.2) is 32.0 Å². The molecule has 0 radical (unpaired) electrons. The number of hydrogen-bond acceptors (Lipinski definition) is 3. The summed E-state index contributed by atoms with van der Waals surface area (Å²) in [4.78, 5) is 23.9. The van der Waals surface area contributed by atoms with Crippen molar-refractivity contribution < 1.29 is 14.3 Å². The summed E-state index contributed by atoms with van der Waals surface area (Å²) in [6, 6.07) is 12.6. The predicted octanol–water partition coefficient (Wildman–Crippen LogP) is 2.75. The van der Waals surface area contributed by atoms with E-state index >= 15 is 0 Å². The molecule has 0 aliphatic carbocycles. The van der Waals surface area contributed by atoms with Gasteiger partial charge in [0.2, 0.25) is 5.91 Å². The molecule has 0 fully saturated rings. The molecule has 0 unspecified atom stereocenters. The van der Waals surface area contributed by atoms with E-state index in [0.717, 1.165) is 16.9 Å². The molecule has 25 heavy (non-hydrogen) atoms. The second kappa shape index (κ2) is 9.08. The van der Waals surface area contributed by atoms with Crippen LogP contribution in [0.2, 0.25) is 5.02 Å². The zero-order valence-electron chi connectivity index (χ0n) is 14.3. The Bertz CT molecular complexity index is 762. The molecule has 5 nitrogen and oxygen atoms in total. The van der Waals surface area contributed by atoms with E-state index in [1.54, 1.807) is 31.4 Å². The number of nitrogens with one attached hydrogen (secondary N) is 2. The Morgan fingerprint density at radius 1 is 1.12 bits per heavy atom. The number of carbonyl (C=O) groups is 2. The van der Waals surface area contributed by atoms with Crippen LogP contribution in [0.5, 0.6) is 5.75 Å². The number of aryl methyl sites for hydroxylation is 1. The van der Waals surface area contributed by atoms with Crippen molar-refractivity contribution in [3.8, 4) is 5.75 Å². The molecule has 2 amide bonds. The molecular weight excluding hydrogens is 340 g/mol. The Balaban J connectivity index is 1.79. The maximum atomic E-state index is 12.0. The Morgan fingerprint density at radius 2 is 1.88 bits per heavy atom. The molecule has 0 aliphatic heterocycles. The first-order valence-corrected chi connectivity index (χ1v) is 8.32. The standard InChI is InChI=1S/C19H21ClN2O3/c1-13-7-8-17(25-2)14(11-13)9-10-21-18(23)12-22-19(24)15-5-3-4-6-16(15)20/h3-8,11H,9-10,12H2,1-2H3,(H,21,23)(H,22,24). The van der Waals surface area contributed by atoms with Crippen molar-refractivity contribution in [1.82, 2.24) is 10.6 Å². The number of halogens is 1. The van der Waals surface area contributed by atoms with Crippen LogP contribution < -0.4 is 15.4 Å². The minimum atomic E-state index is -0.374. The van der Waals surface area contributed by atoms with Gasteiger partial charge in [0.05, 0.1) is 24.2 Å². The van der Waals surface area contributed by atoms with Crippen LogP contribution in [-0.2, 0) is 11.2 Å². The molecule has 0 spiro atoms. The second-order valence-electron chi connectivity index (χ2n) is 5.58. The highest BCUT2D eigenvalue weighted by molar-refractivity contribution is 6.33. The van der Waals surface area contributed by atoms with Gasteiger partial charge in [-0.15, -0.1) is 0 Å². The van der Waals surface area contributed by atoms with Gasteiger partial charge in [0.15, 0.2) is 0 Å². The lowest BCUT2D eigenvalue weighted by atomic mass is 10.1. The molecule has 0 heterocycles. The zero-order chi connectivity index (χ0) is 18.2. The third-order valence-corrected chi connectivity index (χ3v) is 4.01. The first kappa shape index (κ1) is 18.8. The van der Waals surface area contributed by atoms with Gasteiger partial charge in [0.1, 0.15) is 5.75 Å². The number of hydrogen-bond donors (Lipinski definition) is 2. The topological polar surface area (TPSA) is 67.4 Å². The smallest absolute Gasteiger partial charge is 0.253 e. The van der Waals surface area contributed by atoms with E-state index in [1.165, 1.54) is 0 Å². The van der Waals surface area contributed by atoms with Crippen molar-refractivity contribution in [3.05, 3.63) is 64.2 Å². The van der Waals surface area contributed by atoms with Gasteiger partial charge in [-0.3, -0.25) is 9.59 Å². The Kier molecular flexibility index (Phi) is 6.83. The number of methoxy groups -OCH3 is 1. The molecule has 2 aromatic rings. The largest absolute Gasteiger partial charge is 0.496 e. The van der Waals surface area contributed by atoms with Crippen LogP contribution in [0.1, 0.15) is 21.5 Å². The molecule has 2 rings (SSSR count). The highest BCUT2D eigenvalue weighted by Gasteiger charge is 2.11. The predicted molar refractivity (Wildman–Crippen MR) is 98.2 cm³/mol. The Labute approximate surface area is 152 Å². The van der Waals surface area contributed by atoms with E-state index < -0.39 is 0 Å². The average Bonchev–Trinajstić information content (AvgIpc) is 2.60. The minimum Gasteiger partial charge on any atom is -0.496 e. The minimum absolute atomic E-state index is 0.102. The number of rotatable bonds is 7. The van der Waals surface area contributed by atoms with Crippen LogP contribution in [0.15, 0.2) is 42.5 Å². The van der Waals surface area contributed by atoms with E-state index in [-0.39, 0.29) is 18.4 Å². The van der Waals surface area contributed by atoms with Crippen LogP contribution in [0.25, 0.3) is 0 Å². The molecule has 0 saturated heterocycles. The molecule has 2 N–H and O–H groups in total. The van der Waals surface area contributed by atoms with Gasteiger partial charge in [-0.05, 0) is 37.1 Å². The average molecular weight is 361 g/mol. The van der Waals surface area contributed by atoms with Crippen molar-refractivity contribution in [2.75, 3.05) is 20.2 Å². The zero-order valence-corrected chi connectivity index (χ0v) is 15.0. The summed E-state index contributed by atoms with van der Waals surface area (Å²) in [5.74, 6) is 0.167. The summed E-state index contributed by atoms with van der Waals surface area (Å²) in [5, 5.41) is 5.69. The SMILES string of the molecule is COc1ccc(C)cc1CCNC(=O)CNC(=O)c1ccccc1Cl. The van der Waals surface area contributed by atoms with Gasteiger partial charge in [-0.25, -0.2) is 0 Å². The summed E-state index contributed by atoms with van der Waals surface area (Å²) in [6.45, 7) is 2.36. The van der Waals surface area contributed by atoms with Gasteiger partial charge in [-0.2, -0.15) is 0 Å². The number of benzene rings is 2. The molecule has 6 heteroatoms. The monoisotopic (exact) mass is 360 g/mol. The van der Waals surface area contributed by atoms with Crippen LogP contribution in [0.4, 0.5) is 0 Å². The number of ether oxygens (including phenoxy) is 1. The lowest BCUT2D eigenvalue weighted by Crippen LogP contribution is -2.37. The molecule has 0 aliphatic rings. The van der Waals surface area contributed by atoms with Gasteiger partial charge < -0.3 is 15.4 Å². The molecular formula is C19H21ClN2O3.